The predicted octanol–water partition coefficient (Wildman–Crippen LogP) is 1.47. The van der Waals surface area contributed by atoms with E-state index in [1.54, 1.807) is 4.68 Å². The molecule has 0 aliphatic heterocycles. The molecule has 0 bridgehead atoms. The van der Waals surface area contributed by atoms with E-state index in [0.717, 1.165) is 10.7 Å². The van der Waals surface area contributed by atoms with Gasteiger partial charge in [0.2, 0.25) is 0 Å². The summed E-state index contributed by atoms with van der Waals surface area (Å²) >= 11 is 1.30. The summed E-state index contributed by atoms with van der Waals surface area (Å²) in [5.74, 6) is 1.06. The van der Waals surface area contributed by atoms with Crippen LogP contribution >= 0.6 is 11.5 Å². The first kappa shape index (κ1) is 11.7. The second-order valence-electron chi connectivity index (χ2n) is 3.49. The van der Waals surface area contributed by atoms with E-state index in [4.69, 9.17) is 10.5 Å². The van der Waals surface area contributed by atoms with Gasteiger partial charge in [-0.15, -0.1) is 0 Å². The molecule has 0 radical (unpaired) electrons. The molecule has 2 heterocycles. The van der Waals surface area contributed by atoms with Gasteiger partial charge >= 0.3 is 0 Å². The highest BCUT2D eigenvalue weighted by Gasteiger charge is 2.12. The third-order valence-corrected chi connectivity index (χ3v) is 2.96. The van der Waals surface area contributed by atoms with Gasteiger partial charge in [-0.25, -0.2) is 0 Å². The summed E-state index contributed by atoms with van der Waals surface area (Å²) in [5.41, 5.74) is 6.68. The molecule has 2 aromatic rings. The largest absolute Gasteiger partial charge is 0.487 e. The van der Waals surface area contributed by atoms with Crippen molar-refractivity contribution in [1.82, 2.24) is 14.2 Å². The Morgan fingerprint density at radius 2 is 2.41 bits per heavy atom. The Kier molecular flexibility index (Phi) is 3.48. The Morgan fingerprint density at radius 1 is 1.59 bits per heavy atom. The second kappa shape index (κ2) is 5.05. The van der Waals surface area contributed by atoms with E-state index >= 15 is 0 Å². The zero-order valence-electron chi connectivity index (χ0n) is 9.80. The average Bonchev–Trinajstić information content (AvgIpc) is 2.86. The van der Waals surface area contributed by atoms with Crippen molar-refractivity contribution in [3.63, 3.8) is 0 Å². The van der Waals surface area contributed by atoms with E-state index in [-0.39, 0.29) is 0 Å². The minimum Gasteiger partial charge on any atom is -0.487 e. The molecule has 0 atom stereocenters. The zero-order chi connectivity index (χ0) is 12.3. The van der Waals surface area contributed by atoms with Crippen LogP contribution in [-0.2, 0) is 13.6 Å². The van der Waals surface area contributed by atoms with Crippen LogP contribution in [0.25, 0.3) is 0 Å². The number of ether oxygens (including phenoxy) is 1. The number of aromatic nitrogens is 3. The van der Waals surface area contributed by atoms with Crippen LogP contribution in [0, 0.1) is 0 Å². The van der Waals surface area contributed by atoms with Crippen LogP contribution in [0.1, 0.15) is 12.6 Å². The molecule has 0 fully saturated rings. The monoisotopic (exact) mass is 253 g/mol. The van der Waals surface area contributed by atoms with Crippen molar-refractivity contribution in [3.8, 4) is 5.75 Å². The highest BCUT2D eigenvalue weighted by Crippen LogP contribution is 2.35. The van der Waals surface area contributed by atoms with Gasteiger partial charge in [0.15, 0.2) is 16.6 Å². The lowest BCUT2D eigenvalue weighted by Crippen LogP contribution is -2.02. The third kappa shape index (κ3) is 2.68. The first-order valence-corrected chi connectivity index (χ1v) is 6.08. The van der Waals surface area contributed by atoms with Crippen molar-refractivity contribution >= 4 is 22.4 Å². The number of nitrogens with zero attached hydrogens (tertiary/aromatic N) is 3. The van der Waals surface area contributed by atoms with Crippen molar-refractivity contribution < 1.29 is 4.74 Å². The van der Waals surface area contributed by atoms with Gasteiger partial charge < -0.3 is 15.8 Å². The number of nitrogens with one attached hydrogen (secondary N) is 1. The molecule has 3 N–H and O–H groups in total. The SMILES string of the molecule is CCOc1c(N)nsc1NCc1ccn(C)n1. The van der Waals surface area contributed by atoms with Crippen LogP contribution in [0.15, 0.2) is 12.3 Å². The van der Waals surface area contributed by atoms with Gasteiger partial charge in [0.05, 0.1) is 18.8 Å². The van der Waals surface area contributed by atoms with Gasteiger partial charge in [-0.1, -0.05) is 0 Å². The van der Waals surface area contributed by atoms with E-state index in [1.807, 2.05) is 26.2 Å². The average molecular weight is 253 g/mol. The van der Waals surface area contributed by atoms with Crippen LogP contribution in [0.4, 0.5) is 10.8 Å². The van der Waals surface area contributed by atoms with E-state index in [0.29, 0.717) is 24.7 Å². The first-order chi connectivity index (χ1) is 8.20. The molecule has 17 heavy (non-hydrogen) atoms. The van der Waals surface area contributed by atoms with Gasteiger partial charge in [-0.2, -0.15) is 9.47 Å². The van der Waals surface area contributed by atoms with Crippen LogP contribution in [0.5, 0.6) is 5.75 Å². The maximum absolute atomic E-state index is 5.72. The maximum atomic E-state index is 5.72. The summed E-state index contributed by atoms with van der Waals surface area (Å²) in [5, 5.41) is 8.34. The van der Waals surface area contributed by atoms with Crippen molar-refractivity contribution in [1.29, 1.82) is 0 Å². The van der Waals surface area contributed by atoms with Gasteiger partial charge in [-0.3, -0.25) is 4.68 Å². The Hall–Kier alpha value is -1.76. The summed E-state index contributed by atoms with van der Waals surface area (Å²) in [4.78, 5) is 0. The topological polar surface area (TPSA) is 78.0 Å². The molecule has 0 saturated carbocycles. The maximum Gasteiger partial charge on any atom is 0.197 e. The van der Waals surface area contributed by atoms with Crippen molar-refractivity contribution in [2.24, 2.45) is 7.05 Å². The minimum absolute atomic E-state index is 0.431. The summed E-state index contributed by atoms with van der Waals surface area (Å²) < 4.78 is 11.3. The molecule has 0 aliphatic carbocycles. The second-order valence-corrected chi connectivity index (χ2v) is 4.27. The van der Waals surface area contributed by atoms with Crippen molar-refractivity contribution in [3.05, 3.63) is 18.0 Å². The van der Waals surface area contributed by atoms with Gasteiger partial charge in [0.1, 0.15) is 0 Å². The lowest BCUT2D eigenvalue weighted by molar-refractivity contribution is 0.344. The number of hydrogen-bond acceptors (Lipinski definition) is 6. The molecule has 0 unspecified atom stereocenters. The standard InChI is InChI=1S/C10H15N5OS/c1-3-16-8-9(11)14-17-10(8)12-6-7-4-5-15(2)13-7/h4-5,12H,3,6H2,1-2H3,(H2,11,14). The Morgan fingerprint density at radius 3 is 3.06 bits per heavy atom. The van der Waals surface area contributed by atoms with Gasteiger partial charge in [-0.05, 0) is 24.5 Å². The van der Waals surface area contributed by atoms with Gasteiger partial charge in [0.25, 0.3) is 0 Å². The first-order valence-electron chi connectivity index (χ1n) is 5.31. The molecule has 0 aromatic carbocycles. The minimum atomic E-state index is 0.431. The van der Waals surface area contributed by atoms with Crippen LogP contribution in [-0.4, -0.2) is 20.8 Å². The van der Waals surface area contributed by atoms with E-state index < -0.39 is 0 Å². The zero-order valence-corrected chi connectivity index (χ0v) is 10.6. The smallest absolute Gasteiger partial charge is 0.197 e. The van der Waals surface area contributed by atoms with E-state index in [9.17, 15) is 0 Å². The van der Waals surface area contributed by atoms with Gasteiger partial charge in [0, 0.05) is 13.2 Å². The van der Waals surface area contributed by atoms with Crippen LogP contribution < -0.4 is 15.8 Å². The number of rotatable bonds is 5. The lowest BCUT2D eigenvalue weighted by Gasteiger charge is -2.05. The molecule has 0 saturated heterocycles. The summed E-state index contributed by atoms with van der Waals surface area (Å²) in [6.45, 7) is 3.11. The quantitative estimate of drug-likeness (QED) is 0.843. The molecular weight excluding hydrogens is 238 g/mol. The fraction of sp³-hybridized carbons (Fsp3) is 0.400. The van der Waals surface area contributed by atoms with Crippen molar-refractivity contribution in [2.75, 3.05) is 17.7 Å². The highest BCUT2D eigenvalue weighted by atomic mass is 32.1. The fourth-order valence-electron chi connectivity index (χ4n) is 1.42. The number of anilines is 2. The van der Waals surface area contributed by atoms with Crippen molar-refractivity contribution in [2.45, 2.75) is 13.5 Å². The van der Waals surface area contributed by atoms with Crippen LogP contribution in [0.3, 0.4) is 0 Å². The van der Waals surface area contributed by atoms with Crippen LogP contribution in [0.2, 0.25) is 0 Å². The predicted molar refractivity (Wildman–Crippen MR) is 68.2 cm³/mol. The third-order valence-electron chi connectivity index (χ3n) is 2.16. The molecule has 2 rings (SSSR count). The summed E-state index contributed by atoms with van der Waals surface area (Å²) in [7, 11) is 1.89. The molecule has 0 amide bonds. The molecule has 92 valence electrons. The normalized spacial score (nSPS) is 10.5. The summed E-state index contributed by atoms with van der Waals surface area (Å²) in [6.07, 6.45) is 1.90. The Labute approximate surface area is 104 Å². The molecule has 6 nitrogen and oxygen atoms in total. The lowest BCUT2D eigenvalue weighted by atomic mass is 10.4. The highest BCUT2D eigenvalue weighted by molar-refractivity contribution is 7.11. The number of hydrogen-bond donors (Lipinski definition) is 2. The number of nitrogens with two attached hydrogens (primary N) is 1. The molecule has 0 aliphatic rings. The molecule has 7 heteroatoms. The Balaban J connectivity index is 2.03. The fourth-order valence-corrected chi connectivity index (χ4v) is 2.07. The molecular formula is C10H15N5OS. The summed E-state index contributed by atoms with van der Waals surface area (Å²) in [6, 6.07) is 1.96. The molecule has 0 spiro atoms. The molecule has 2 aromatic heterocycles. The number of aryl methyl sites for hydroxylation is 1. The Bertz CT molecular complexity index is 493. The van der Waals surface area contributed by atoms with E-state index in [1.165, 1.54) is 11.5 Å². The van der Waals surface area contributed by atoms with E-state index in [2.05, 4.69) is 14.8 Å². The number of nitrogen functional groups attached to an aromatic ring is 1.